The molecule has 2 aromatic carbocycles. The second kappa shape index (κ2) is 9.28. The van der Waals surface area contributed by atoms with Crippen LogP contribution in [0.2, 0.25) is 0 Å². The first-order chi connectivity index (χ1) is 14.9. The number of hydrogen-bond donors (Lipinski definition) is 1. The van der Waals surface area contributed by atoms with Gasteiger partial charge in [-0.2, -0.15) is 13.2 Å². The molecule has 0 radical (unpaired) electrons. The molecule has 0 aliphatic rings. The number of thiophene rings is 1. The van der Waals surface area contributed by atoms with E-state index in [2.05, 4.69) is 4.72 Å². The Morgan fingerprint density at radius 1 is 0.969 bits per heavy atom. The Kier molecular flexibility index (Phi) is 7.06. The number of anilines is 2. The van der Waals surface area contributed by atoms with Gasteiger partial charge in [-0.05, 0) is 54.6 Å². The third kappa shape index (κ3) is 6.36. The van der Waals surface area contributed by atoms with Crippen molar-refractivity contribution in [1.29, 1.82) is 0 Å². The summed E-state index contributed by atoms with van der Waals surface area (Å²) in [5.41, 5.74) is 0.199. The van der Waals surface area contributed by atoms with Gasteiger partial charge in [0.05, 0.1) is 11.2 Å². The zero-order valence-corrected chi connectivity index (χ0v) is 19.4. The molecular weight excluding hydrogens is 485 g/mol. The molecule has 0 fully saturated rings. The fourth-order valence-corrected chi connectivity index (χ4v) is 6.42. The summed E-state index contributed by atoms with van der Waals surface area (Å²) in [6.45, 7) is -0.116. The lowest BCUT2D eigenvalue weighted by Crippen LogP contribution is -2.31. The number of alkyl halides is 3. The van der Waals surface area contributed by atoms with Crippen LogP contribution in [0.25, 0.3) is 10.1 Å². The molecule has 0 spiro atoms. The van der Waals surface area contributed by atoms with Gasteiger partial charge in [-0.3, -0.25) is 9.03 Å². The zero-order valence-electron chi connectivity index (χ0n) is 17.0. The Morgan fingerprint density at radius 3 is 2.22 bits per heavy atom. The number of hydrogen-bond acceptors (Lipinski definition) is 5. The Balaban J connectivity index is 1.91. The smallest absolute Gasteiger partial charge is 0.284 e. The first-order valence-electron chi connectivity index (χ1n) is 9.51. The van der Waals surface area contributed by atoms with Crippen LogP contribution in [-0.2, 0) is 20.0 Å². The maximum Gasteiger partial charge on any atom is 0.389 e. The zero-order chi connectivity index (χ0) is 23.6. The minimum absolute atomic E-state index is 0.0285. The van der Waals surface area contributed by atoms with Gasteiger partial charge in [-0.25, -0.2) is 16.8 Å². The molecule has 0 saturated heterocycles. The van der Waals surface area contributed by atoms with E-state index < -0.39 is 32.6 Å². The van der Waals surface area contributed by atoms with Gasteiger partial charge in [-0.1, -0.05) is 18.2 Å². The van der Waals surface area contributed by atoms with Crippen molar-refractivity contribution >= 4 is 52.2 Å². The van der Waals surface area contributed by atoms with E-state index >= 15 is 0 Å². The normalized spacial score (nSPS) is 12.8. The average Bonchev–Trinajstić information content (AvgIpc) is 3.09. The van der Waals surface area contributed by atoms with E-state index in [1.165, 1.54) is 35.6 Å². The molecule has 0 aliphatic heterocycles. The Hall–Kier alpha value is -2.31. The van der Waals surface area contributed by atoms with Gasteiger partial charge in [0.1, 0.15) is 5.00 Å². The number of fused-ring (bicyclic) bond motifs is 1. The van der Waals surface area contributed by atoms with E-state index in [1.54, 1.807) is 6.07 Å². The number of rotatable bonds is 9. The summed E-state index contributed by atoms with van der Waals surface area (Å²) in [6.07, 6.45) is -4.48. The van der Waals surface area contributed by atoms with Crippen LogP contribution in [0.3, 0.4) is 0 Å². The second-order valence-corrected chi connectivity index (χ2v) is 11.8. The van der Waals surface area contributed by atoms with Crippen molar-refractivity contribution in [3.63, 3.8) is 0 Å². The lowest BCUT2D eigenvalue weighted by atomic mass is 10.2. The molecule has 3 aromatic rings. The summed E-state index contributed by atoms with van der Waals surface area (Å²) in [6, 6.07) is 14.2. The number of benzene rings is 2. The van der Waals surface area contributed by atoms with Gasteiger partial charge in [0.25, 0.3) is 10.0 Å². The SMILES string of the molecule is CS(=O)(=O)Nc1ccc(S(=O)(=O)N(CCCCC(F)(F)F)c2cc3ccccc3s2)cc1. The van der Waals surface area contributed by atoms with Gasteiger partial charge < -0.3 is 0 Å². The molecule has 0 aliphatic carbocycles. The lowest BCUT2D eigenvalue weighted by molar-refractivity contribution is -0.135. The summed E-state index contributed by atoms with van der Waals surface area (Å²) >= 11 is 1.23. The molecular formula is C20H21F3N2O4S3. The van der Waals surface area contributed by atoms with Crippen LogP contribution < -0.4 is 9.03 Å². The highest BCUT2D eigenvalue weighted by Crippen LogP contribution is 2.36. The van der Waals surface area contributed by atoms with E-state index in [9.17, 15) is 30.0 Å². The number of nitrogens with one attached hydrogen (secondary N) is 1. The highest BCUT2D eigenvalue weighted by molar-refractivity contribution is 7.93. The van der Waals surface area contributed by atoms with Crippen LogP contribution in [0.4, 0.5) is 23.9 Å². The van der Waals surface area contributed by atoms with Gasteiger partial charge in [0.2, 0.25) is 10.0 Å². The third-order valence-corrected chi connectivity index (χ3v) is 8.16. The summed E-state index contributed by atoms with van der Waals surface area (Å²) in [7, 11) is -7.62. The van der Waals surface area contributed by atoms with Crippen LogP contribution in [-0.4, -0.2) is 35.8 Å². The van der Waals surface area contributed by atoms with Gasteiger partial charge in [-0.15, -0.1) is 11.3 Å². The fraction of sp³-hybridized carbons (Fsp3) is 0.300. The third-order valence-electron chi connectivity index (χ3n) is 4.48. The van der Waals surface area contributed by atoms with Crippen molar-refractivity contribution in [2.75, 3.05) is 21.8 Å². The second-order valence-electron chi connectivity index (χ2n) is 7.17. The lowest BCUT2D eigenvalue weighted by Gasteiger charge is -2.23. The summed E-state index contributed by atoms with van der Waals surface area (Å²) in [4.78, 5) is -0.0928. The molecule has 32 heavy (non-hydrogen) atoms. The minimum atomic E-state index is -4.30. The highest BCUT2D eigenvalue weighted by Gasteiger charge is 2.29. The molecule has 0 amide bonds. The van der Waals surface area contributed by atoms with Gasteiger partial charge in [0.15, 0.2) is 0 Å². The summed E-state index contributed by atoms with van der Waals surface area (Å²) in [5.74, 6) is 0. The van der Waals surface area contributed by atoms with Crippen molar-refractivity contribution in [3.8, 4) is 0 Å². The number of sulfonamides is 2. The molecule has 1 heterocycles. The Morgan fingerprint density at radius 2 is 1.62 bits per heavy atom. The quantitative estimate of drug-likeness (QED) is 0.405. The average molecular weight is 507 g/mol. The maximum atomic E-state index is 13.4. The summed E-state index contributed by atoms with van der Waals surface area (Å²) < 4.78 is 91.2. The van der Waals surface area contributed by atoms with Crippen LogP contribution in [0.15, 0.2) is 59.5 Å². The van der Waals surface area contributed by atoms with E-state index in [1.807, 2.05) is 24.3 Å². The van der Waals surface area contributed by atoms with Crippen LogP contribution in [0.5, 0.6) is 0 Å². The standard InChI is InChI=1S/C20H21F3N2O4S3/c1-31(26,27)24-16-8-10-17(11-9-16)32(28,29)25(13-5-4-12-20(21,22)23)19-14-15-6-2-3-7-18(15)30-19/h2-3,6-11,14,24H,4-5,12-13H2,1H3. The molecule has 12 heteroatoms. The van der Waals surface area contributed by atoms with Crippen molar-refractivity contribution in [2.24, 2.45) is 0 Å². The fourth-order valence-electron chi connectivity index (χ4n) is 3.06. The largest absolute Gasteiger partial charge is 0.389 e. The van der Waals surface area contributed by atoms with E-state index in [-0.39, 0.29) is 30.0 Å². The van der Waals surface area contributed by atoms with E-state index in [0.717, 1.165) is 20.6 Å². The molecule has 0 atom stereocenters. The highest BCUT2D eigenvalue weighted by atomic mass is 32.2. The Labute approximate surface area is 188 Å². The van der Waals surface area contributed by atoms with E-state index in [4.69, 9.17) is 0 Å². The summed E-state index contributed by atoms with van der Waals surface area (Å²) in [5, 5.41) is 1.23. The first-order valence-corrected chi connectivity index (χ1v) is 13.7. The van der Waals surface area contributed by atoms with Crippen LogP contribution in [0.1, 0.15) is 19.3 Å². The molecule has 3 rings (SSSR count). The molecule has 0 unspecified atom stereocenters. The number of nitrogens with zero attached hydrogens (tertiary/aromatic N) is 1. The molecule has 6 nitrogen and oxygen atoms in total. The van der Waals surface area contributed by atoms with Crippen LogP contribution in [0, 0.1) is 0 Å². The van der Waals surface area contributed by atoms with Crippen molar-refractivity contribution in [3.05, 3.63) is 54.6 Å². The van der Waals surface area contributed by atoms with Gasteiger partial charge >= 0.3 is 6.18 Å². The monoisotopic (exact) mass is 506 g/mol. The Bertz CT molecular complexity index is 1250. The predicted molar refractivity (Wildman–Crippen MR) is 121 cm³/mol. The number of unbranched alkanes of at least 4 members (excludes halogenated alkanes) is 1. The minimum Gasteiger partial charge on any atom is -0.284 e. The predicted octanol–water partition coefficient (Wildman–Crippen LogP) is 5.20. The van der Waals surface area contributed by atoms with Gasteiger partial charge in [0, 0.05) is 23.4 Å². The van der Waals surface area contributed by atoms with Crippen molar-refractivity contribution < 1.29 is 30.0 Å². The van der Waals surface area contributed by atoms with Crippen LogP contribution >= 0.6 is 11.3 Å². The molecule has 174 valence electrons. The topological polar surface area (TPSA) is 83.5 Å². The maximum absolute atomic E-state index is 13.4. The molecule has 1 N–H and O–H groups in total. The van der Waals surface area contributed by atoms with E-state index in [0.29, 0.717) is 5.00 Å². The van der Waals surface area contributed by atoms with Crippen molar-refractivity contribution in [2.45, 2.75) is 30.3 Å². The molecule has 1 aromatic heterocycles. The van der Waals surface area contributed by atoms with Crippen molar-refractivity contribution in [1.82, 2.24) is 0 Å². The molecule has 0 saturated carbocycles. The first kappa shape index (κ1) is 24.3. The molecule has 0 bridgehead atoms. The number of halogens is 3.